The summed E-state index contributed by atoms with van der Waals surface area (Å²) >= 11 is 11.7. The summed E-state index contributed by atoms with van der Waals surface area (Å²) in [6.45, 7) is 1.75. The number of piperazine rings is 1. The van der Waals surface area contributed by atoms with Gasteiger partial charge in [0.25, 0.3) is 0 Å². The Kier molecular flexibility index (Phi) is 9.82. The Bertz CT molecular complexity index is 1470. The number of rotatable bonds is 7. The van der Waals surface area contributed by atoms with E-state index in [1.807, 2.05) is 24.3 Å². The van der Waals surface area contributed by atoms with Gasteiger partial charge in [0.1, 0.15) is 17.3 Å². The molecular formula is C27H26Cl2N6O6. The summed E-state index contributed by atoms with van der Waals surface area (Å²) in [5, 5.41) is 9.16. The number of amides is 4. The minimum atomic E-state index is -0.898. The zero-order chi connectivity index (χ0) is 29.4. The molecule has 0 spiro atoms. The number of hydrazone groups is 1. The summed E-state index contributed by atoms with van der Waals surface area (Å²) < 4.78 is 10.9. The van der Waals surface area contributed by atoms with Crippen LogP contribution in [0.25, 0.3) is 0 Å². The highest BCUT2D eigenvalue weighted by atomic mass is 35.5. The number of furan rings is 1. The van der Waals surface area contributed by atoms with Crippen LogP contribution < -0.4 is 25.7 Å². The lowest BCUT2D eigenvalue weighted by Crippen LogP contribution is -2.52. The van der Waals surface area contributed by atoms with Crippen LogP contribution in [0.2, 0.25) is 10.0 Å². The smallest absolute Gasteiger partial charge is 0.329 e. The molecule has 0 saturated carbocycles. The van der Waals surface area contributed by atoms with Crippen molar-refractivity contribution >= 4 is 64.4 Å². The van der Waals surface area contributed by atoms with Crippen LogP contribution in [0.15, 0.2) is 64.1 Å². The number of para-hydroxylation sites is 2. The summed E-state index contributed by atoms with van der Waals surface area (Å²) in [7, 11) is 1.60. The summed E-state index contributed by atoms with van der Waals surface area (Å²) in [6, 6.07) is 15.1. The molecular weight excluding hydrogens is 575 g/mol. The molecule has 4 amide bonds. The molecule has 3 aromatic rings. The Morgan fingerprint density at radius 2 is 1.71 bits per heavy atom. The maximum atomic E-state index is 12.5. The van der Waals surface area contributed by atoms with Gasteiger partial charge in [-0.3, -0.25) is 19.2 Å². The highest BCUT2D eigenvalue weighted by molar-refractivity contribution is 6.43. The molecule has 0 atom stereocenters. The first-order chi connectivity index (χ1) is 19.7. The maximum absolute atomic E-state index is 12.5. The normalized spacial score (nSPS) is 13.1. The van der Waals surface area contributed by atoms with E-state index in [1.54, 1.807) is 19.2 Å². The third-order valence-corrected chi connectivity index (χ3v) is 6.77. The summed E-state index contributed by atoms with van der Waals surface area (Å²) in [5.74, 6) is -2.02. The Hall–Kier alpha value is -4.55. The van der Waals surface area contributed by atoms with E-state index < -0.39 is 23.6 Å². The van der Waals surface area contributed by atoms with Crippen molar-refractivity contribution in [3.8, 4) is 5.75 Å². The van der Waals surface area contributed by atoms with Gasteiger partial charge < -0.3 is 29.6 Å². The Balaban J connectivity index is 1.19. The monoisotopic (exact) mass is 600 g/mol. The first-order valence-corrected chi connectivity index (χ1v) is 13.1. The average molecular weight is 601 g/mol. The van der Waals surface area contributed by atoms with Crippen molar-refractivity contribution in [3.63, 3.8) is 0 Å². The van der Waals surface area contributed by atoms with E-state index in [1.165, 1.54) is 29.3 Å². The first kappa shape index (κ1) is 29.4. The van der Waals surface area contributed by atoms with Crippen LogP contribution in [0.5, 0.6) is 5.75 Å². The van der Waals surface area contributed by atoms with Crippen LogP contribution in [-0.2, 0) is 25.7 Å². The molecule has 2 aromatic carbocycles. The number of anilines is 2. The number of hydrogen-bond donors (Lipinski definition) is 3. The number of halogens is 2. The second-order valence-corrected chi connectivity index (χ2v) is 9.53. The first-order valence-electron chi connectivity index (χ1n) is 12.4. The van der Waals surface area contributed by atoms with Crippen LogP contribution >= 0.6 is 23.2 Å². The van der Waals surface area contributed by atoms with Crippen molar-refractivity contribution in [3.05, 3.63) is 76.2 Å². The van der Waals surface area contributed by atoms with Crippen LogP contribution in [-0.4, -0.2) is 68.0 Å². The van der Waals surface area contributed by atoms with Crippen LogP contribution in [0, 0.1) is 0 Å². The molecule has 4 rings (SSSR count). The fraction of sp³-hybridized carbons (Fsp3) is 0.222. The molecule has 2 heterocycles. The predicted octanol–water partition coefficient (Wildman–Crippen LogP) is 2.65. The van der Waals surface area contributed by atoms with E-state index >= 15 is 0 Å². The molecule has 0 unspecified atom stereocenters. The molecule has 1 aliphatic heterocycles. The molecule has 0 radical (unpaired) electrons. The molecule has 14 heteroatoms. The zero-order valence-electron chi connectivity index (χ0n) is 21.9. The molecule has 12 nitrogen and oxygen atoms in total. The van der Waals surface area contributed by atoms with Gasteiger partial charge in [0.15, 0.2) is 0 Å². The fourth-order valence-electron chi connectivity index (χ4n) is 3.96. The minimum absolute atomic E-state index is 0.0762. The molecule has 3 N–H and O–H groups in total. The van der Waals surface area contributed by atoms with Crippen LogP contribution in [0.3, 0.4) is 0 Å². The summed E-state index contributed by atoms with van der Waals surface area (Å²) in [6.07, 6.45) is 1.22. The second kappa shape index (κ2) is 13.7. The number of nitrogens with one attached hydrogen (secondary N) is 3. The Morgan fingerprint density at radius 3 is 2.44 bits per heavy atom. The maximum Gasteiger partial charge on any atom is 0.329 e. The van der Waals surface area contributed by atoms with E-state index in [4.69, 9.17) is 32.4 Å². The van der Waals surface area contributed by atoms with Gasteiger partial charge in [0.2, 0.25) is 0 Å². The van der Waals surface area contributed by atoms with E-state index in [9.17, 15) is 19.2 Å². The van der Waals surface area contributed by atoms with Gasteiger partial charge >= 0.3 is 23.6 Å². The van der Waals surface area contributed by atoms with E-state index in [-0.39, 0.29) is 17.3 Å². The largest absolute Gasteiger partial charge is 0.495 e. The van der Waals surface area contributed by atoms with E-state index in [2.05, 4.69) is 26.1 Å². The van der Waals surface area contributed by atoms with Crippen molar-refractivity contribution in [2.24, 2.45) is 5.10 Å². The molecule has 0 aliphatic carbocycles. The van der Waals surface area contributed by atoms with Gasteiger partial charge in [-0.25, -0.2) is 5.43 Å². The molecule has 41 heavy (non-hydrogen) atoms. The van der Waals surface area contributed by atoms with Gasteiger partial charge in [-0.2, -0.15) is 5.10 Å². The van der Waals surface area contributed by atoms with E-state index in [0.29, 0.717) is 42.6 Å². The van der Waals surface area contributed by atoms with Crippen LogP contribution in [0.4, 0.5) is 11.4 Å². The number of nitrogens with zero attached hydrogens (tertiary/aromatic N) is 3. The minimum Gasteiger partial charge on any atom is -0.495 e. The molecule has 1 saturated heterocycles. The third-order valence-electron chi connectivity index (χ3n) is 6.03. The zero-order valence-corrected chi connectivity index (χ0v) is 23.4. The molecule has 0 bridgehead atoms. The topological polar surface area (TPSA) is 146 Å². The lowest BCUT2D eigenvalue weighted by Gasteiger charge is -2.36. The Labute approximate surface area is 245 Å². The molecule has 1 aliphatic rings. The van der Waals surface area contributed by atoms with Gasteiger partial charge in [-0.05, 0) is 42.5 Å². The van der Waals surface area contributed by atoms with Crippen molar-refractivity contribution < 1.29 is 28.3 Å². The van der Waals surface area contributed by atoms with Gasteiger partial charge in [0, 0.05) is 31.9 Å². The van der Waals surface area contributed by atoms with Gasteiger partial charge in [0.05, 0.1) is 35.6 Å². The number of hydrogen-bond acceptors (Lipinski definition) is 8. The van der Waals surface area contributed by atoms with Gasteiger partial charge in [-0.1, -0.05) is 35.3 Å². The summed E-state index contributed by atoms with van der Waals surface area (Å²) in [5.41, 5.74) is 3.44. The lowest BCUT2D eigenvalue weighted by atomic mass is 10.2. The standard InChI is InChI=1S/C27H26Cl2N6O6/c1-40-23-5-3-2-4-22(23)34-10-12-35(13-11-34)27(39)26(38)33-31-16-19-8-7-18(41-19)15-30-24(36)25(37)32-17-6-9-20(28)21(29)14-17/h2-9,14,16H,10-13,15H2,1H3,(H,30,36)(H,32,37)(H,33,38)/b31-16+. The van der Waals surface area contributed by atoms with Crippen molar-refractivity contribution in [1.82, 2.24) is 15.6 Å². The average Bonchev–Trinajstić information content (AvgIpc) is 3.45. The van der Waals surface area contributed by atoms with Crippen LogP contribution in [0.1, 0.15) is 11.5 Å². The number of carbonyl (C=O) groups excluding carboxylic acids is 4. The SMILES string of the molecule is COc1ccccc1N1CCN(C(=O)C(=O)N/N=C/c2ccc(CNC(=O)C(=O)Nc3ccc(Cl)c(Cl)c3)o2)CC1. The Morgan fingerprint density at radius 1 is 0.951 bits per heavy atom. The number of carbonyl (C=O) groups is 4. The molecule has 214 valence electrons. The fourth-order valence-corrected chi connectivity index (χ4v) is 4.25. The number of ether oxygens (including phenoxy) is 1. The second-order valence-electron chi connectivity index (χ2n) is 8.72. The summed E-state index contributed by atoms with van der Waals surface area (Å²) in [4.78, 5) is 52.6. The van der Waals surface area contributed by atoms with Crippen molar-refractivity contribution in [2.75, 3.05) is 43.5 Å². The van der Waals surface area contributed by atoms with E-state index in [0.717, 1.165) is 11.4 Å². The molecule has 1 aromatic heterocycles. The predicted molar refractivity (Wildman–Crippen MR) is 153 cm³/mol. The lowest BCUT2D eigenvalue weighted by molar-refractivity contribution is -0.146. The highest BCUT2D eigenvalue weighted by Gasteiger charge is 2.27. The quantitative estimate of drug-likeness (QED) is 0.215. The number of benzene rings is 2. The highest BCUT2D eigenvalue weighted by Crippen LogP contribution is 2.28. The third kappa shape index (κ3) is 7.77. The van der Waals surface area contributed by atoms with Crippen molar-refractivity contribution in [1.29, 1.82) is 0 Å². The number of methoxy groups -OCH3 is 1. The molecule has 1 fully saturated rings. The van der Waals surface area contributed by atoms with Crippen molar-refractivity contribution in [2.45, 2.75) is 6.54 Å². The van der Waals surface area contributed by atoms with Gasteiger partial charge in [-0.15, -0.1) is 0 Å².